The summed E-state index contributed by atoms with van der Waals surface area (Å²) in [5, 5.41) is 0.725. The molecular weight excluding hydrogens is 472 g/mol. The summed E-state index contributed by atoms with van der Waals surface area (Å²) in [5.41, 5.74) is 1.05. The third-order valence-corrected chi connectivity index (χ3v) is 21.4. The molecule has 4 rings (SSSR count). The van der Waals surface area contributed by atoms with Crippen molar-refractivity contribution in [2.24, 2.45) is 0 Å². The minimum absolute atomic E-state index is 0.725. The van der Waals surface area contributed by atoms with Gasteiger partial charge in [0.25, 0.3) is 0 Å². The number of hydrogen-bond acceptors (Lipinski definition) is 2. The first-order valence-electron chi connectivity index (χ1n) is 9.35. The van der Waals surface area contributed by atoms with Crippen LogP contribution in [-0.2, 0) is 0 Å². The predicted molar refractivity (Wildman–Crippen MR) is 135 cm³/mol. The Hall–Kier alpha value is -1.85. The monoisotopic (exact) mass is 492 g/mol. The topological polar surface area (TPSA) is 0 Å². The summed E-state index contributed by atoms with van der Waals surface area (Å²) in [6.45, 7) is 0. The van der Waals surface area contributed by atoms with Crippen molar-refractivity contribution in [3.05, 3.63) is 126 Å². The predicted octanol–water partition coefficient (Wildman–Crippen LogP) is 5.42. The van der Waals surface area contributed by atoms with Gasteiger partial charge in [0.2, 0.25) is 0 Å². The summed E-state index contributed by atoms with van der Waals surface area (Å²) in [4.78, 5) is 0. The maximum absolute atomic E-state index is 6.10. The Bertz CT molecular complexity index is 985. The van der Waals surface area contributed by atoms with Crippen LogP contribution in [0.1, 0.15) is 5.56 Å². The van der Waals surface area contributed by atoms with Gasteiger partial charge in [0.15, 0.2) is 0 Å². The fourth-order valence-corrected chi connectivity index (χ4v) is 19.7. The Morgan fingerprint density at radius 1 is 0.586 bits per heavy atom. The zero-order valence-electron chi connectivity index (χ0n) is 15.7. The molecule has 142 valence electrons. The van der Waals surface area contributed by atoms with Crippen LogP contribution in [0.15, 0.2) is 115 Å². The van der Waals surface area contributed by atoms with Crippen LogP contribution in [-0.4, -0.2) is 16.3 Å². The molecule has 0 heterocycles. The van der Waals surface area contributed by atoms with E-state index in [4.69, 9.17) is 23.8 Å². The van der Waals surface area contributed by atoms with Crippen LogP contribution in [0.4, 0.5) is 0 Å². The number of halogens is 1. The van der Waals surface area contributed by atoms with Crippen LogP contribution in [0, 0.1) is 0 Å². The molecule has 29 heavy (non-hydrogen) atoms. The molecule has 0 fully saturated rings. The van der Waals surface area contributed by atoms with E-state index in [-0.39, 0.29) is 0 Å². The summed E-state index contributed by atoms with van der Waals surface area (Å²) < 4.78 is 5.06. The molecule has 4 heteroatoms. The fourth-order valence-electron chi connectivity index (χ4n) is 3.48. The van der Waals surface area contributed by atoms with Crippen LogP contribution in [0.5, 0.6) is 0 Å². The van der Waals surface area contributed by atoms with Gasteiger partial charge in [-0.25, -0.2) is 0 Å². The van der Waals surface area contributed by atoms with E-state index in [0.717, 1.165) is 14.8 Å². The summed E-state index contributed by atoms with van der Waals surface area (Å²) in [6, 6.07) is 40.5. The molecule has 0 N–H and O–H groups in total. The van der Waals surface area contributed by atoms with Gasteiger partial charge in [0.05, 0.1) is 0 Å². The Labute approximate surface area is 188 Å². The van der Waals surface area contributed by atoms with E-state index in [9.17, 15) is 0 Å². The molecule has 4 aromatic carbocycles. The van der Waals surface area contributed by atoms with Gasteiger partial charge in [-0.05, 0) is 0 Å². The molecule has 0 radical (unpaired) electrons. The van der Waals surface area contributed by atoms with E-state index in [0.29, 0.717) is 0 Å². The molecule has 0 atom stereocenters. The third kappa shape index (κ3) is 4.36. The second-order valence-corrected chi connectivity index (χ2v) is 19.4. The summed E-state index contributed by atoms with van der Waals surface area (Å²) in [6.07, 6.45) is 0. The Morgan fingerprint density at radius 3 is 1.34 bits per heavy atom. The average Bonchev–Trinajstić information content (AvgIpc) is 2.79. The van der Waals surface area contributed by atoms with E-state index in [1.807, 2.05) is 34.4 Å². The van der Waals surface area contributed by atoms with E-state index < -0.39 is 12.1 Å². The Kier molecular flexibility index (Phi) is 6.56. The van der Waals surface area contributed by atoms with Crippen LogP contribution in [0.25, 0.3) is 0 Å². The van der Waals surface area contributed by atoms with Gasteiger partial charge in [-0.2, -0.15) is 0 Å². The van der Waals surface area contributed by atoms with Gasteiger partial charge < -0.3 is 0 Å². The van der Waals surface area contributed by atoms with E-state index in [1.54, 1.807) is 0 Å². The second kappa shape index (κ2) is 9.31. The average molecular weight is 492 g/mol. The molecule has 0 aromatic heterocycles. The quantitative estimate of drug-likeness (QED) is 0.270. The van der Waals surface area contributed by atoms with E-state index in [2.05, 4.69) is 91.0 Å². The molecule has 0 saturated heterocycles. The van der Waals surface area contributed by atoms with Gasteiger partial charge in [0.1, 0.15) is 0 Å². The zero-order valence-corrected chi connectivity index (χ0v) is 20.2. The van der Waals surface area contributed by atoms with Crippen molar-refractivity contribution in [2.45, 2.75) is 0 Å². The first kappa shape index (κ1) is 20.4. The normalized spacial score (nSPS) is 11.2. The van der Waals surface area contributed by atoms with Crippen LogP contribution < -0.4 is 13.2 Å². The molecule has 0 saturated carbocycles. The molecule has 0 amide bonds. The first-order chi connectivity index (χ1) is 14.2. The first-order valence-corrected chi connectivity index (χ1v) is 16.7. The van der Waals surface area contributed by atoms with Crippen LogP contribution in [0.3, 0.4) is 0 Å². The van der Waals surface area contributed by atoms with E-state index in [1.165, 1.54) is 13.2 Å². The minimum atomic E-state index is -3.13. The molecule has 0 aliphatic carbocycles. The SMILES string of the molecule is S=C([S][Ge]([c]1ccccc1)([c]1ccccc1)[c]1ccccc1)c1ccc(Cl)cc1. The molecule has 0 aliphatic rings. The second-order valence-electron chi connectivity index (χ2n) is 6.68. The molecule has 0 bridgehead atoms. The standard InChI is InChI=1S/C25H19ClGeS2/c26-21-18-16-20(17-19-21)25(28)29-27(22-10-4-1-5-11-22,23-12-6-2-7-13-23)24-14-8-3-9-15-24/h1-19H. The molecule has 0 aliphatic heterocycles. The number of thiocarbonyl (C=S) groups is 1. The Morgan fingerprint density at radius 2 is 0.966 bits per heavy atom. The summed E-state index contributed by atoms with van der Waals surface area (Å²) >= 11 is 8.94. The Balaban J connectivity index is 1.92. The van der Waals surface area contributed by atoms with Gasteiger partial charge >= 0.3 is 189 Å². The van der Waals surface area contributed by atoms with Gasteiger partial charge in [-0.3, -0.25) is 0 Å². The molecule has 0 unspecified atom stereocenters. The van der Waals surface area contributed by atoms with Gasteiger partial charge in [-0.1, -0.05) is 0 Å². The molecule has 0 spiro atoms. The van der Waals surface area contributed by atoms with Crippen molar-refractivity contribution in [3.8, 4) is 0 Å². The van der Waals surface area contributed by atoms with Crippen LogP contribution >= 0.6 is 33.9 Å². The molecule has 4 aromatic rings. The molecular formula is C25H19ClGeS2. The zero-order chi connectivity index (χ0) is 20.1. The number of benzene rings is 4. The van der Waals surface area contributed by atoms with Crippen molar-refractivity contribution in [1.82, 2.24) is 0 Å². The van der Waals surface area contributed by atoms with Crippen molar-refractivity contribution >= 4 is 63.4 Å². The van der Waals surface area contributed by atoms with Crippen molar-refractivity contribution in [1.29, 1.82) is 0 Å². The van der Waals surface area contributed by atoms with Crippen LogP contribution in [0.2, 0.25) is 5.02 Å². The maximum atomic E-state index is 6.10. The van der Waals surface area contributed by atoms with E-state index >= 15 is 0 Å². The summed E-state index contributed by atoms with van der Waals surface area (Å²) in [7, 11) is 1.89. The number of hydrogen-bond donors (Lipinski definition) is 0. The van der Waals surface area contributed by atoms with Crippen molar-refractivity contribution in [3.63, 3.8) is 0 Å². The van der Waals surface area contributed by atoms with Crippen molar-refractivity contribution < 1.29 is 0 Å². The van der Waals surface area contributed by atoms with Gasteiger partial charge in [0, 0.05) is 0 Å². The fraction of sp³-hybridized carbons (Fsp3) is 0. The van der Waals surface area contributed by atoms with Gasteiger partial charge in [-0.15, -0.1) is 0 Å². The van der Waals surface area contributed by atoms with Crippen molar-refractivity contribution in [2.75, 3.05) is 0 Å². The third-order valence-electron chi connectivity index (χ3n) is 4.87. The molecule has 0 nitrogen and oxygen atoms in total. The summed E-state index contributed by atoms with van der Waals surface area (Å²) in [5.74, 6) is 0. The number of rotatable bonds is 5.